The maximum absolute atomic E-state index is 3.70. The molecule has 42 valence electrons. The van der Waals surface area contributed by atoms with Gasteiger partial charge in [-0.3, -0.25) is 0 Å². The molecule has 0 bridgehead atoms. The van der Waals surface area contributed by atoms with Crippen molar-refractivity contribution in [3.8, 4) is 0 Å². The van der Waals surface area contributed by atoms with Crippen molar-refractivity contribution in [2.24, 2.45) is 0 Å². The zero-order valence-corrected chi connectivity index (χ0v) is 4.49. The van der Waals surface area contributed by atoms with E-state index in [1.54, 1.807) is 12.7 Å². The topological polar surface area (TPSA) is 30.7 Å². The molecule has 0 atom stereocenters. The van der Waals surface area contributed by atoms with E-state index in [-0.39, 0.29) is 0 Å². The first-order chi connectivity index (χ1) is 3.97. The highest BCUT2D eigenvalue weighted by Gasteiger charge is 2.22. The SMILES string of the molecule is c1nncn1C1CC1. The highest BCUT2D eigenvalue weighted by molar-refractivity contribution is 4.82. The Morgan fingerprint density at radius 3 is 2.38 bits per heavy atom. The molecule has 3 nitrogen and oxygen atoms in total. The summed E-state index contributed by atoms with van der Waals surface area (Å²) in [6.45, 7) is 0. The summed E-state index contributed by atoms with van der Waals surface area (Å²) < 4.78 is 2.06. The molecule has 0 aliphatic heterocycles. The molecular formula is C5H7N3. The van der Waals surface area contributed by atoms with Gasteiger partial charge in [0.05, 0.1) is 0 Å². The Labute approximate surface area is 47.3 Å². The van der Waals surface area contributed by atoms with Crippen LogP contribution in [0.2, 0.25) is 0 Å². The van der Waals surface area contributed by atoms with Crippen LogP contribution >= 0.6 is 0 Å². The maximum atomic E-state index is 3.70. The highest BCUT2D eigenvalue weighted by atomic mass is 15.2. The standard InChI is InChI=1S/C5H7N3/c1-2-5(1)8-3-6-7-4-8/h3-5H,1-2H2. The molecular weight excluding hydrogens is 102 g/mol. The Balaban J connectivity index is 2.28. The van der Waals surface area contributed by atoms with E-state index in [0.29, 0.717) is 0 Å². The van der Waals surface area contributed by atoms with Gasteiger partial charge in [0.2, 0.25) is 0 Å². The van der Waals surface area contributed by atoms with E-state index >= 15 is 0 Å². The van der Waals surface area contributed by atoms with E-state index in [2.05, 4.69) is 14.8 Å². The number of hydrogen-bond acceptors (Lipinski definition) is 2. The Morgan fingerprint density at radius 2 is 1.88 bits per heavy atom. The fraction of sp³-hybridized carbons (Fsp3) is 0.600. The van der Waals surface area contributed by atoms with Crippen LogP contribution in [0.3, 0.4) is 0 Å². The Kier molecular flexibility index (Phi) is 0.664. The molecule has 1 saturated carbocycles. The molecule has 0 amide bonds. The fourth-order valence-corrected chi connectivity index (χ4v) is 0.770. The minimum atomic E-state index is 0.727. The molecule has 0 saturated heterocycles. The van der Waals surface area contributed by atoms with Gasteiger partial charge in [-0.25, -0.2) is 0 Å². The molecule has 0 radical (unpaired) electrons. The Hall–Kier alpha value is -0.860. The maximum Gasteiger partial charge on any atom is 0.119 e. The van der Waals surface area contributed by atoms with Crippen molar-refractivity contribution < 1.29 is 0 Å². The van der Waals surface area contributed by atoms with E-state index in [1.165, 1.54) is 12.8 Å². The molecule has 0 aromatic carbocycles. The average Bonchev–Trinajstić information content (AvgIpc) is 2.49. The average molecular weight is 109 g/mol. The van der Waals surface area contributed by atoms with Gasteiger partial charge in [0.15, 0.2) is 0 Å². The van der Waals surface area contributed by atoms with Crippen LogP contribution in [-0.4, -0.2) is 14.8 Å². The van der Waals surface area contributed by atoms with Crippen LogP contribution in [0.4, 0.5) is 0 Å². The Bertz CT molecular complexity index is 164. The van der Waals surface area contributed by atoms with Crippen molar-refractivity contribution in [3.05, 3.63) is 12.7 Å². The molecule has 3 heteroatoms. The third-order valence-corrected chi connectivity index (χ3v) is 1.41. The van der Waals surface area contributed by atoms with Crippen LogP contribution in [0.25, 0.3) is 0 Å². The van der Waals surface area contributed by atoms with Crippen molar-refractivity contribution in [1.29, 1.82) is 0 Å². The van der Waals surface area contributed by atoms with Crippen LogP contribution in [0.15, 0.2) is 12.7 Å². The van der Waals surface area contributed by atoms with Crippen molar-refractivity contribution >= 4 is 0 Å². The van der Waals surface area contributed by atoms with E-state index in [4.69, 9.17) is 0 Å². The lowest BCUT2D eigenvalue weighted by Gasteiger charge is -1.89. The van der Waals surface area contributed by atoms with Crippen molar-refractivity contribution in [1.82, 2.24) is 14.8 Å². The van der Waals surface area contributed by atoms with Gasteiger partial charge in [0, 0.05) is 6.04 Å². The molecule has 0 unspecified atom stereocenters. The summed E-state index contributed by atoms with van der Waals surface area (Å²) in [5.41, 5.74) is 0. The van der Waals surface area contributed by atoms with E-state index < -0.39 is 0 Å². The molecule has 0 N–H and O–H groups in total. The number of aromatic nitrogens is 3. The van der Waals surface area contributed by atoms with E-state index in [0.717, 1.165) is 6.04 Å². The minimum absolute atomic E-state index is 0.727. The summed E-state index contributed by atoms with van der Waals surface area (Å²) >= 11 is 0. The van der Waals surface area contributed by atoms with Gasteiger partial charge < -0.3 is 4.57 Å². The van der Waals surface area contributed by atoms with Gasteiger partial charge in [-0.1, -0.05) is 0 Å². The van der Waals surface area contributed by atoms with Crippen molar-refractivity contribution in [2.45, 2.75) is 18.9 Å². The molecule has 1 aliphatic rings. The summed E-state index contributed by atoms with van der Waals surface area (Å²) in [5.74, 6) is 0. The largest absolute Gasteiger partial charge is 0.317 e. The molecule has 0 spiro atoms. The van der Waals surface area contributed by atoms with Crippen molar-refractivity contribution in [3.63, 3.8) is 0 Å². The van der Waals surface area contributed by atoms with Crippen LogP contribution in [-0.2, 0) is 0 Å². The number of nitrogens with zero attached hydrogens (tertiary/aromatic N) is 3. The molecule has 1 fully saturated rings. The molecule has 1 aliphatic carbocycles. The fourth-order valence-electron chi connectivity index (χ4n) is 0.770. The van der Waals surface area contributed by atoms with E-state index in [9.17, 15) is 0 Å². The lowest BCUT2D eigenvalue weighted by molar-refractivity contribution is 0.738. The minimum Gasteiger partial charge on any atom is -0.317 e. The van der Waals surface area contributed by atoms with Crippen LogP contribution < -0.4 is 0 Å². The predicted octanol–water partition coefficient (Wildman–Crippen LogP) is 0.613. The smallest absolute Gasteiger partial charge is 0.119 e. The summed E-state index contributed by atoms with van der Waals surface area (Å²) in [4.78, 5) is 0. The lowest BCUT2D eigenvalue weighted by Crippen LogP contribution is -1.86. The summed E-state index contributed by atoms with van der Waals surface area (Å²) in [6.07, 6.45) is 6.16. The lowest BCUT2D eigenvalue weighted by atomic mass is 10.7. The molecule has 8 heavy (non-hydrogen) atoms. The predicted molar refractivity (Wildman–Crippen MR) is 28.3 cm³/mol. The molecule has 1 aromatic rings. The summed E-state index contributed by atoms with van der Waals surface area (Å²) in [7, 11) is 0. The second-order valence-electron chi connectivity index (χ2n) is 2.14. The zero-order chi connectivity index (χ0) is 5.40. The summed E-state index contributed by atoms with van der Waals surface area (Å²) in [5, 5.41) is 7.39. The second-order valence-corrected chi connectivity index (χ2v) is 2.14. The zero-order valence-electron chi connectivity index (χ0n) is 4.49. The van der Waals surface area contributed by atoms with Gasteiger partial charge >= 0.3 is 0 Å². The van der Waals surface area contributed by atoms with Crippen molar-refractivity contribution in [2.75, 3.05) is 0 Å². The molecule has 1 aromatic heterocycles. The van der Waals surface area contributed by atoms with E-state index in [1.807, 2.05) is 0 Å². The second kappa shape index (κ2) is 1.31. The Morgan fingerprint density at radius 1 is 1.25 bits per heavy atom. The first-order valence-corrected chi connectivity index (χ1v) is 2.81. The number of rotatable bonds is 1. The first-order valence-electron chi connectivity index (χ1n) is 2.81. The highest BCUT2D eigenvalue weighted by Crippen LogP contribution is 2.33. The first kappa shape index (κ1) is 4.06. The molecule has 1 heterocycles. The van der Waals surface area contributed by atoms with Gasteiger partial charge in [-0.15, -0.1) is 10.2 Å². The van der Waals surface area contributed by atoms with Crippen LogP contribution in [0.1, 0.15) is 18.9 Å². The number of hydrogen-bond donors (Lipinski definition) is 0. The normalized spacial score (nSPS) is 19.0. The molecule has 2 rings (SSSR count). The van der Waals surface area contributed by atoms with Gasteiger partial charge in [-0.2, -0.15) is 0 Å². The third-order valence-electron chi connectivity index (χ3n) is 1.41. The van der Waals surface area contributed by atoms with Crippen LogP contribution in [0.5, 0.6) is 0 Å². The van der Waals surface area contributed by atoms with Gasteiger partial charge in [0.25, 0.3) is 0 Å². The monoisotopic (exact) mass is 109 g/mol. The van der Waals surface area contributed by atoms with Gasteiger partial charge in [-0.05, 0) is 12.8 Å². The quantitative estimate of drug-likeness (QED) is 0.529. The van der Waals surface area contributed by atoms with Gasteiger partial charge in [0.1, 0.15) is 12.7 Å². The third kappa shape index (κ3) is 0.510. The summed E-state index contributed by atoms with van der Waals surface area (Å²) in [6, 6.07) is 0.727. The van der Waals surface area contributed by atoms with Crippen LogP contribution in [0, 0.1) is 0 Å².